The van der Waals surface area contributed by atoms with E-state index in [2.05, 4.69) is 22.2 Å². The van der Waals surface area contributed by atoms with E-state index >= 15 is 0 Å². The Bertz CT molecular complexity index is 1090. The lowest BCUT2D eigenvalue weighted by Crippen LogP contribution is -2.41. The Labute approximate surface area is 191 Å². The van der Waals surface area contributed by atoms with Crippen LogP contribution in [0, 0.1) is 5.82 Å². The maximum absolute atomic E-state index is 13.6. The van der Waals surface area contributed by atoms with Gasteiger partial charge < -0.3 is 5.32 Å². The summed E-state index contributed by atoms with van der Waals surface area (Å²) >= 11 is 1.37. The number of amidine groups is 2. The molecule has 0 fully saturated rings. The Balaban J connectivity index is 1.51. The van der Waals surface area contributed by atoms with E-state index in [1.54, 1.807) is 11.0 Å². The molecule has 2 aliphatic rings. The number of fused-ring (bicyclic) bond motifs is 3. The molecule has 0 spiro atoms. The van der Waals surface area contributed by atoms with Gasteiger partial charge in [-0.1, -0.05) is 49.4 Å². The molecule has 2 aliphatic heterocycles. The number of nitrogens with one attached hydrogen (secondary N) is 1. The molecule has 2 aromatic rings. The minimum atomic E-state index is -0.618. The van der Waals surface area contributed by atoms with Gasteiger partial charge in [0.2, 0.25) is 5.91 Å². The van der Waals surface area contributed by atoms with Gasteiger partial charge in [0.05, 0.1) is 5.69 Å². The van der Waals surface area contributed by atoms with Crippen LogP contribution in [0.3, 0.4) is 0 Å². The lowest BCUT2D eigenvalue weighted by molar-refractivity contribution is -0.125. The molecule has 0 bridgehead atoms. The van der Waals surface area contributed by atoms with E-state index in [-0.39, 0.29) is 24.1 Å². The minimum Gasteiger partial charge on any atom is -0.356 e. The molecular weight excluding hydrogens is 427 g/mol. The number of nitrogens with zero attached hydrogens (tertiary/aromatic N) is 3. The molecule has 2 amide bonds. The second-order valence-electron chi connectivity index (χ2n) is 7.71. The monoisotopic (exact) mass is 452 g/mol. The number of carbonyl (C=O) groups excluding carboxylic acids is 2. The standard InChI is InChI=1S/C24H25FN4O2S/c1-2-3-13-26-21(30)12-11-20-23(31)29-22(27-20)18-9-4-5-10-19(18)28-24(29)32-15-16-7-6-8-17(25)14-16/h4-10,14,20H,2-3,11-13,15H2,1H3,(H,26,30). The van der Waals surface area contributed by atoms with Crippen molar-refractivity contribution in [3.8, 4) is 0 Å². The van der Waals surface area contributed by atoms with Gasteiger partial charge in [0.15, 0.2) is 5.17 Å². The van der Waals surface area contributed by atoms with E-state index in [0.29, 0.717) is 29.7 Å². The zero-order chi connectivity index (χ0) is 22.5. The Morgan fingerprint density at radius 1 is 1.22 bits per heavy atom. The number of carbonyl (C=O) groups is 2. The Kier molecular flexibility index (Phi) is 6.99. The normalized spacial score (nSPS) is 16.9. The van der Waals surface area contributed by atoms with Crippen molar-refractivity contribution in [2.24, 2.45) is 9.98 Å². The average Bonchev–Trinajstić information content (AvgIpc) is 3.13. The van der Waals surface area contributed by atoms with Crippen molar-refractivity contribution < 1.29 is 14.0 Å². The summed E-state index contributed by atoms with van der Waals surface area (Å²) in [5.74, 6) is 0.502. The van der Waals surface area contributed by atoms with Gasteiger partial charge in [-0.2, -0.15) is 0 Å². The summed E-state index contributed by atoms with van der Waals surface area (Å²) in [6.45, 7) is 2.72. The molecule has 32 heavy (non-hydrogen) atoms. The third kappa shape index (κ3) is 4.91. The molecular formula is C24H25FN4O2S. The predicted octanol–water partition coefficient (Wildman–Crippen LogP) is 4.41. The quantitative estimate of drug-likeness (QED) is 0.603. The van der Waals surface area contributed by atoms with Crippen LogP contribution < -0.4 is 5.32 Å². The maximum Gasteiger partial charge on any atom is 0.259 e. The second kappa shape index (κ2) is 10.1. The fourth-order valence-electron chi connectivity index (χ4n) is 3.62. The van der Waals surface area contributed by atoms with Gasteiger partial charge in [-0.05, 0) is 42.7 Å². The Morgan fingerprint density at radius 3 is 2.88 bits per heavy atom. The molecule has 1 N–H and O–H groups in total. The van der Waals surface area contributed by atoms with Gasteiger partial charge in [0.25, 0.3) is 5.91 Å². The van der Waals surface area contributed by atoms with Crippen LogP contribution in [-0.2, 0) is 15.3 Å². The number of rotatable bonds is 8. The largest absolute Gasteiger partial charge is 0.356 e. The highest BCUT2D eigenvalue weighted by molar-refractivity contribution is 8.13. The molecule has 0 radical (unpaired) electrons. The second-order valence-corrected chi connectivity index (χ2v) is 8.66. The summed E-state index contributed by atoms with van der Waals surface area (Å²) in [6.07, 6.45) is 2.54. The molecule has 0 saturated heterocycles. The van der Waals surface area contributed by atoms with Crippen molar-refractivity contribution in [2.45, 2.75) is 44.4 Å². The number of hydrogen-bond donors (Lipinski definition) is 1. The van der Waals surface area contributed by atoms with E-state index in [0.717, 1.165) is 29.7 Å². The molecule has 2 heterocycles. The number of amides is 2. The summed E-state index contributed by atoms with van der Waals surface area (Å²) in [5, 5.41) is 3.40. The van der Waals surface area contributed by atoms with Gasteiger partial charge in [-0.25, -0.2) is 14.3 Å². The zero-order valence-electron chi connectivity index (χ0n) is 17.9. The van der Waals surface area contributed by atoms with E-state index in [9.17, 15) is 14.0 Å². The topological polar surface area (TPSA) is 74.1 Å². The summed E-state index contributed by atoms with van der Waals surface area (Å²) in [6, 6.07) is 13.3. The molecule has 0 aliphatic carbocycles. The first-order chi connectivity index (χ1) is 15.6. The van der Waals surface area contributed by atoms with E-state index in [1.165, 1.54) is 23.9 Å². The SMILES string of the molecule is CCCCNC(=O)CCC1N=C2c3ccccc3N=C(SCc3cccc(F)c3)N2C1=O. The van der Waals surface area contributed by atoms with E-state index < -0.39 is 6.04 Å². The first-order valence-electron chi connectivity index (χ1n) is 10.8. The molecule has 1 unspecified atom stereocenters. The van der Waals surface area contributed by atoms with E-state index in [1.807, 2.05) is 30.3 Å². The molecule has 0 aromatic heterocycles. The third-order valence-corrected chi connectivity index (χ3v) is 6.31. The number of benzene rings is 2. The summed E-state index contributed by atoms with van der Waals surface area (Å²) in [4.78, 5) is 36.2. The van der Waals surface area contributed by atoms with Crippen LogP contribution in [0.4, 0.5) is 10.1 Å². The molecule has 166 valence electrons. The molecule has 8 heteroatoms. The summed E-state index contributed by atoms with van der Waals surface area (Å²) < 4.78 is 13.6. The minimum absolute atomic E-state index is 0.0638. The van der Waals surface area contributed by atoms with Gasteiger partial charge >= 0.3 is 0 Å². The molecule has 4 rings (SSSR count). The van der Waals surface area contributed by atoms with Gasteiger partial charge in [-0.15, -0.1) is 0 Å². The molecule has 2 aromatic carbocycles. The van der Waals surface area contributed by atoms with Crippen LogP contribution in [0.1, 0.15) is 43.7 Å². The summed E-state index contributed by atoms with van der Waals surface area (Å²) in [5.41, 5.74) is 2.35. The Hall–Kier alpha value is -3.00. The van der Waals surface area contributed by atoms with Crippen LogP contribution >= 0.6 is 11.8 Å². The number of halogens is 1. The Morgan fingerprint density at radius 2 is 2.06 bits per heavy atom. The van der Waals surface area contributed by atoms with Crippen molar-refractivity contribution in [3.05, 3.63) is 65.5 Å². The van der Waals surface area contributed by atoms with E-state index in [4.69, 9.17) is 0 Å². The van der Waals surface area contributed by atoms with Crippen molar-refractivity contribution in [1.29, 1.82) is 0 Å². The van der Waals surface area contributed by atoms with Gasteiger partial charge in [0.1, 0.15) is 17.7 Å². The van der Waals surface area contributed by atoms with Crippen molar-refractivity contribution in [3.63, 3.8) is 0 Å². The van der Waals surface area contributed by atoms with Crippen molar-refractivity contribution in [1.82, 2.24) is 10.2 Å². The molecule has 1 atom stereocenters. The van der Waals surface area contributed by atoms with Crippen LogP contribution in [0.2, 0.25) is 0 Å². The fourth-order valence-corrected chi connectivity index (χ4v) is 4.57. The molecule has 0 saturated carbocycles. The number of thioether (sulfide) groups is 1. The van der Waals surface area contributed by atoms with Gasteiger partial charge in [0, 0.05) is 24.3 Å². The maximum atomic E-state index is 13.6. The first-order valence-corrected chi connectivity index (χ1v) is 11.8. The van der Waals surface area contributed by atoms with Gasteiger partial charge in [-0.3, -0.25) is 14.6 Å². The average molecular weight is 453 g/mol. The van der Waals surface area contributed by atoms with Crippen LogP contribution in [-0.4, -0.2) is 40.3 Å². The van der Waals surface area contributed by atoms with Crippen molar-refractivity contribution in [2.75, 3.05) is 6.54 Å². The third-order valence-electron chi connectivity index (χ3n) is 5.30. The zero-order valence-corrected chi connectivity index (χ0v) is 18.7. The number of unbranched alkanes of at least 4 members (excludes halogenated alkanes) is 1. The smallest absolute Gasteiger partial charge is 0.259 e. The van der Waals surface area contributed by atoms with Crippen LogP contribution in [0.15, 0.2) is 58.5 Å². The number of aliphatic imine (C=N–C) groups is 2. The highest BCUT2D eigenvalue weighted by atomic mass is 32.2. The first kappa shape index (κ1) is 22.2. The summed E-state index contributed by atoms with van der Waals surface area (Å²) in [7, 11) is 0. The van der Waals surface area contributed by atoms with Crippen LogP contribution in [0.5, 0.6) is 0 Å². The van der Waals surface area contributed by atoms with Crippen LogP contribution in [0.25, 0.3) is 0 Å². The fraction of sp³-hybridized carbons (Fsp3) is 0.333. The number of hydrogen-bond acceptors (Lipinski definition) is 5. The lowest BCUT2D eigenvalue weighted by atomic mass is 10.1. The number of para-hydroxylation sites is 1. The predicted molar refractivity (Wildman–Crippen MR) is 126 cm³/mol. The van der Waals surface area contributed by atoms with Crippen molar-refractivity contribution >= 4 is 40.3 Å². The molecule has 6 nitrogen and oxygen atoms in total. The highest BCUT2D eigenvalue weighted by Gasteiger charge is 2.41. The lowest BCUT2D eigenvalue weighted by Gasteiger charge is -2.25. The highest BCUT2D eigenvalue weighted by Crippen LogP contribution is 2.35.